The van der Waals surface area contributed by atoms with Crippen molar-refractivity contribution in [2.45, 2.75) is 26.1 Å². The summed E-state index contributed by atoms with van der Waals surface area (Å²) >= 11 is 0.981. The van der Waals surface area contributed by atoms with Gasteiger partial charge in [0.1, 0.15) is 0 Å². The molecule has 1 aromatic carbocycles. The van der Waals surface area contributed by atoms with Crippen molar-refractivity contribution in [1.29, 1.82) is 0 Å². The summed E-state index contributed by atoms with van der Waals surface area (Å²) < 4.78 is 37.7. The zero-order chi connectivity index (χ0) is 19.9. The van der Waals surface area contributed by atoms with Gasteiger partial charge in [-0.15, -0.1) is 35.3 Å². The van der Waals surface area contributed by atoms with Crippen LogP contribution in [-0.2, 0) is 19.1 Å². The zero-order valence-corrected chi connectivity index (χ0v) is 18.2. The quantitative estimate of drug-likeness (QED) is 0.293. The molecule has 154 valence electrons. The highest BCUT2D eigenvalue weighted by molar-refractivity contribution is 14.0. The number of benzene rings is 1. The zero-order valence-electron chi connectivity index (χ0n) is 15.0. The maximum absolute atomic E-state index is 12.6. The molecular formula is C17H21F3IN5OS. The summed E-state index contributed by atoms with van der Waals surface area (Å²) in [6.45, 7) is 3.24. The van der Waals surface area contributed by atoms with Crippen LogP contribution < -0.4 is 16.4 Å². The maximum atomic E-state index is 12.6. The van der Waals surface area contributed by atoms with Crippen LogP contribution in [-0.4, -0.2) is 29.9 Å². The molecule has 0 radical (unpaired) electrons. The minimum atomic E-state index is -4.42. The van der Waals surface area contributed by atoms with Crippen LogP contribution in [0.15, 0.2) is 34.6 Å². The molecule has 0 saturated heterocycles. The maximum Gasteiger partial charge on any atom is 0.434 e. The molecule has 2 rings (SSSR count). The van der Waals surface area contributed by atoms with E-state index in [9.17, 15) is 18.0 Å². The van der Waals surface area contributed by atoms with Crippen molar-refractivity contribution in [3.05, 3.63) is 51.5 Å². The number of halogens is 4. The molecule has 6 nitrogen and oxygen atoms in total. The highest BCUT2D eigenvalue weighted by atomic mass is 127. The Labute approximate surface area is 181 Å². The molecule has 1 aromatic heterocycles. The first-order chi connectivity index (χ1) is 12.8. The number of aliphatic imine (C=N–C) groups is 1. The minimum Gasteiger partial charge on any atom is -0.366 e. The largest absolute Gasteiger partial charge is 0.434 e. The molecule has 4 N–H and O–H groups in total. The number of amides is 1. The smallest absolute Gasteiger partial charge is 0.366 e. The van der Waals surface area contributed by atoms with Gasteiger partial charge in [-0.1, -0.05) is 12.1 Å². The molecule has 0 aliphatic rings. The van der Waals surface area contributed by atoms with E-state index in [1.54, 1.807) is 18.2 Å². The Hall–Kier alpha value is -1.89. The molecule has 0 saturated carbocycles. The second kappa shape index (κ2) is 11.2. The van der Waals surface area contributed by atoms with Gasteiger partial charge in [0.05, 0.1) is 11.6 Å². The lowest BCUT2D eigenvalue weighted by atomic mass is 10.1. The molecule has 1 amide bonds. The van der Waals surface area contributed by atoms with Gasteiger partial charge in [0.15, 0.2) is 11.7 Å². The van der Waals surface area contributed by atoms with Crippen molar-refractivity contribution < 1.29 is 18.0 Å². The second-order valence-electron chi connectivity index (χ2n) is 5.56. The van der Waals surface area contributed by atoms with Gasteiger partial charge in [0.25, 0.3) is 0 Å². The standard InChI is InChI=1S/C17H20F3N5OS.HI/c1-2-22-16(24-9-11-4-3-5-12(8-11)15(21)26)23-7-6-14-25-13(10-27-14)17(18,19)20;/h3-5,8,10H,2,6-7,9H2,1H3,(H2,21,26)(H2,22,23,24);1H. The van der Waals surface area contributed by atoms with Crippen LogP contribution >= 0.6 is 35.3 Å². The SMILES string of the molecule is CCNC(=NCc1cccc(C(N)=O)c1)NCCc1nc(C(F)(F)F)cs1.I. The lowest BCUT2D eigenvalue weighted by molar-refractivity contribution is -0.140. The van der Waals surface area contributed by atoms with Crippen molar-refractivity contribution in [1.82, 2.24) is 15.6 Å². The van der Waals surface area contributed by atoms with Crippen molar-refractivity contribution in [2.24, 2.45) is 10.7 Å². The van der Waals surface area contributed by atoms with Gasteiger partial charge in [-0.25, -0.2) is 9.98 Å². The first kappa shape index (κ1) is 24.1. The topological polar surface area (TPSA) is 92.4 Å². The average molecular weight is 527 g/mol. The van der Waals surface area contributed by atoms with Gasteiger partial charge in [0.2, 0.25) is 5.91 Å². The Kier molecular flexibility index (Phi) is 9.65. The summed E-state index contributed by atoms with van der Waals surface area (Å²) in [6.07, 6.45) is -4.07. The van der Waals surface area contributed by atoms with E-state index < -0.39 is 17.8 Å². The van der Waals surface area contributed by atoms with E-state index in [1.807, 2.05) is 13.0 Å². The van der Waals surface area contributed by atoms with Crippen LogP contribution in [0, 0.1) is 0 Å². The van der Waals surface area contributed by atoms with E-state index in [0.717, 1.165) is 22.3 Å². The van der Waals surface area contributed by atoms with E-state index in [0.29, 0.717) is 42.6 Å². The van der Waals surface area contributed by atoms with Crippen LogP contribution in [0.25, 0.3) is 0 Å². The number of carbonyl (C=O) groups is 1. The minimum absolute atomic E-state index is 0. The van der Waals surface area contributed by atoms with E-state index in [2.05, 4.69) is 20.6 Å². The molecule has 0 unspecified atom stereocenters. The third-order valence-corrected chi connectivity index (χ3v) is 4.36. The van der Waals surface area contributed by atoms with Crippen molar-refractivity contribution >= 4 is 47.2 Å². The molecule has 0 spiro atoms. The van der Waals surface area contributed by atoms with Crippen LogP contribution in [0.5, 0.6) is 0 Å². The third kappa shape index (κ3) is 7.62. The lowest BCUT2D eigenvalue weighted by Crippen LogP contribution is -2.38. The van der Waals surface area contributed by atoms with Gasteiger partial charge in [0, 0.05) is 30.5 Å². The number of rotatable bonds is 7. The van der Waals surface area contributed by atoms with E-state index >= 15 is 0 Å². The van der Waals surface area contributed by atoms with Crippen molar-refractivity contribution in [3.8, 4) is 0 Å². The summed E-state index contributed by atoms with van der Waals surface area (Å²) in [5, 5.41) is 7.53. The molecule has 0 atom stereocenters. The molecular weight excluding hydrogens is 506 g/mol. The summed E-state index contributed by atoms with van der Waals surface area (Å²) in [6, 6.07) is 6.85. The first-order valence-electron chi connectivity index (χ1n) is 8.22. The summed E-state index contributed by atoms with van der Waals surface area (Å²) in [5.41, 5.74) is 5.62. The van der Waals surface area contributed by atoms with Crippen molar-refractivity contribution in [2.75, 3.05) is 13.1 Å². The molecule has 0 bridgehead atoms. The number of nitrogens with one attached hydrogen (secondary N) is 2. The number of hydrogen-bond donors (Lipinski definition) is 3. The highest BCUT2D eigenvalue weighted by Gasteiger charge is 2.33. The Bertz CT molecular complexity index is 810. The predicted molar refractivity (Wildman–Crippen MR) is 114 cm³/mol. The third-order valence-electron chi connectivity index (χ3n) is 3.45. The molecule has 0 aliphatic heterocycles. The molecule has 1 heterocycles. The molecule has 28 heavy (non-hydrogen) atoms. The van der Waals surface area contributed by atoms with Gasteiger partial charge in [-0.2, -0.15) is 13.2 Å². The number of thiazole rings is 1. The number of alkyl halides is 3. The fourth-order valence-electron chi connectivity index (χ4n) is 2.18. The van der Waals surface area contributed by atoms with Gasteiger partial charge in [-0.3, -0.25) is 4.79 Å². The number of guanidine groups is 1. The van der Waals surface area contributed by atoms with Gasteiger partial charge in [-0.05, 0) is 24.6 Å². The summed E-state index contributed by atoms with van der Waals surface area (Å²) in [5.74, 6) is 0.0158. The number of primary amides is 1. The number of carbonyl (C=O) groups excluding carboxylic acids is 1. The Morgan fingerprint density at radius 1 is 1.32 bits per heavy atom. The fraction of sp³-hybridized carbons (Fsp3) is 0.353. The lowest BCUT2D eigenvalue weighted by Gasteiger charge is -2.11. The Morgan fingerprint density at radius 2 is 2.07 bits per heavy atom. The fourth-order valence-corrected chi connectivity index (χ4v) is 2.98. The van der Waals surface area contributed by atoms with Crippen LogP contribution in [0.1, 0.15) is 33.5 Å². The number of hydrogen-bond acceptors (Lipinski definition) is 4. The first-order valence-corrected chi connectivity index (χ1v) is 9.10. The Balaban J connectivity index is 0.00000392. The Morgan fingerprint density at radius 3 is 2.68 bits per heavy atom. The summed E-state index contributed by atoms with van der Waals surface area (Å²) in [4.78, 5) is 19.2. The molecule has 0 aliphatic carbocycles. The normalized spacial score (nSPS) is 11.6. The van der Waals surface area contributed by atoms with E-state index in [4.69, 9.17) is 5.73 Å². The predicted octanol–water partition coefficient (Wildman–Crippen LogP) is 3.18. The number of nitrogens with zero attached hydrogens (tertiary/aromatic N) is 2. The molecule has 0 fully saturated rings. The molecule has 11 heteroatoms. The number of nitrogens with two attached hydrogens (primary N) is 1. The average Bonchev–Trinajstić information content (AvgIpc) is 3.09. The number of aromatic nitrogens is 1. The monoisotopic (exact) mass is 527 g/mol. The summed E-state index contributed by atoms with van der Waals surface area (Å²) in [7, 11) is 0. The molecule has 2 aromatic rings. The highest BCUT2D eigenvalue weighted by Crippen LogP contribution is 2.29. The van der Waals surface area contributed by atoms with Gasteiger partial charge < -0.3 is 16.4 Å². The van der Waals surface area contributed by atoms with E-state index in [-0.39, 0.29) is 24.0 Å². The van der Waals surface area contributed by atoms with Gasteiger partial charge >= 0.3 is 6.18 Å². The van der Waals surface area contributed by atoms with Crippen LogP contribution in [0.4, 0.5) is 13.2 Å². The van der Waals surface area contributed by atoms with Crippen molar-refractivity contribution in [3.63, 3.8) is 0 Å². The van der Waals surface area contributed by atoms with Crippen LogP contribution in [0.2, 0.25) is 0 Å². The second-order valence-corrected chi connectivity index (χ2v) is 6.50. The van der Waals surface area contributed by atoms with Crippen LogP contribution in [0.3, 0.4) is 0 Å². The van der Waals surface area contributed by atoms with E-state index in [1.165, 1.54) is 0 Å².